The molecule has 2 aromatic carbocycles. The lowest BCUT2D eigenvalue weighted by atomic mass is 10.1. The third kappa shape index (κ3) is 2.85. The summed E-state index contributed by atoms with van der Waals surface area (Å²) in [7, 11) is 0. The minimum absolute atomic E-state index is 0.0588. The van der Waals surface area contributed by atoms with Crippen molar-refractivity contribution < 1.29 is 18.3 Å². The van der Waals surface area contributed by atoms with Gasteiger partial charge in [-0.1, -0.05) is 6.07 Å². The molecule has 21 heavy (non-hydrogen) atoms. The standard InChI is InChI=1S/C15H10F2INO2/c16-11-3-1-9(5-12(11)17)7-19-13-4-2-10(18)6-14(13)21-8-15(19)20/h1-6H,7-8H2. The van der Waals surface area contributed by atoms with E-state index in [1.165, 1.54) is 11.0 Å². The number of hydrogen-bond donors (Lipinski definition) is 0. The molecule has 0 saturated heterocycles. The number of rotatable bonds is 2. The molecule has 3 nitrogen and oxygen atoms in total. The van der Waals surface area contributed by atoms with Gasteiger partial charge < -0.3 is 9.64 Å². The summed E-state index contributed by atoms with van der Waals surface area (Å²) < 4.78 is 32.6. The highest BCUT2D eigenvalue weighted by Gasteiger charge is 2.25. The van der Waals surface area contributed by atoms with Crippen molar-refractivity contribution in [2.75, 3.05) is 11.5 Å². The van der Waals surface area contributed by atoms with E-state index in [0.717, 1.165) is 15.7 Å². The number of carbonyl (C=O) groups excluding carboxylic acids is 1. The Balaban J connectivity index is 1.94. The maximum Gasteiger partial charge on any atom is 0.265 e. The van der Waals surface area contributed by atoms with Crippen LogP contribution < -0.4 is 9.64 Å². The summed E-state index contributed by atoms with van der Waals surface area (Å²) in [4.78, 5) is 13.5. The van der Waals surface area contributed by atoms with Crippen molar-refractivity contribution in [3.05, 3.63) is 57.2 Å². The van der Waals surface area contributed by atoms with Crippen molar-refractivity contribution in [1.29, 1.82) is 0 Å². The zero-order chi connectivity index (χ0) is 15.0. The van der Waals surface area contributed by atoms with Crippen LogP contribution in [0, 0.1) is 15.2 Å². The zero-order valence-electron chi connectivity index (χ0n) is 10.8. The normalized spacial score (nSPS) is 13.9. The topological polar surface area (TPSA) is 29.5 Å². The highest BCUT2D eigenvalue weighted by molar-refractivity contribution is 14.1. The second-order valence-corrected chi connectivity index (χ2v) is 5.87. The first-order valence-corrected chi connectivity index (χ1v) is 7.29. The quantitative estimate of drug-likeness (QED) is 0.722. The minimum atomic E-state index is -0.920. The van der Waals surface area contributed by atoms with Crippen molar-refractivity contribution in [2.45, 2.75) is 6.54 Å². The van der Waals surface area contributed by atoms with Crippen molar-refractivity contribution >= 4 is 34.2 Å². The molecule has 1 aliphatic heterocycles. The summed E-state index contributed by atoms with van der Waals surface area (Å²) >= 11 is 2.16. The van der Waals surface area contributed by atoms with Crippen LogP contribution in [0.5, 0.6) is 5.75 Å². The Morgan fingerprint density at radius 3 is 2.71 bits per heavy atom. The number of ether oxygens (including phenoxy) is 1. The van der Waals surface area contributed by atoms with Gasteiger partial charge in [0.1, 0.15) is 5.75 Å². The molecular formula is C15H10F2INO2. The maximum absolute atomic E-state index is 13.3. The number of amides is 1. The average molecular weight is 401 g/mol. The molecule has 1 aliphatic rings. The number of hydrogen-bond acceptors (Lipinski definition) is 2. The monoisotopic (exact) mass is 401 g/mol. The van der Waals surface area contributed by atoms with Crippen LogP contribution in [0.1, 0.15) is 5.56 Å². The Bertz CT molecular complexity index is 721. The fourth-order valence-electron chi connectivity index (χ4n) is 2.17. The van der Waals surface area contributed by atoms with Crippen LogP contribution in [0.4, 0.5) is 14.5 Å². The molecule has 1 heterocycles. The largest absolute Gasteiger partial charge is 0.482 e. The van der Waals surface area contributed by atoms with Crippen LogP contribution in [0.15, 0.2) is 36.4 Å². The Kier molecular flexibility index (Phi) is 3.79. The van der Waals surface area contributed by atoms with E-state index >= 15 is 0 Å². The predicted octanol–water partition coefficient (Wildman–Crippen LogP) is 3.50. The Morgan fingerprint density at radius 2 is 1.95 bits per heavy atom. The number of carbonyl (C=O) groups is 1. The number of anilines is 1. The molecule has 3 rings (SSSR count). The Hall–Kier alpha value is -1.70. The molecule has 6 heteroatoms. The molecule has 0 bridgehead atoms. The van der Waals surface area contributed by atoms with Gasteiger partial charge in [-0.25, -0.2) is 8.78 Å². The molecule has 0 aromatic heterocycles. The number of fused-ring (bicyclic) bond motifs is 1. The van der Waals surface area contributed by atoms with E-state index in [2.05, 4.69) is 22.6 Å². The van der Waals surface area contributed by atoms with E-state index in [9.17, 15) is 13.6 Å². The van der Waals surface area contributed by atoms with Crippen LogP contribution in [-0.2, 0) is 11.3 Å². The lowest BCUT2D eigenvalue weighted by Gasteiger charge is -2.29. The molecule has 0 N–H and O–H groups in total. The molecule has 2 aromatic rings. The molecule has 0 fully saturated rings. The van der Waals surface area contributed by atoms with Crippen LogP contribution in [-0.4, -0.2) is 12.5 Å². The van der Waals surface area contributed by atoms with E-state index in [1.54, 1.807) is 6.07 Å². The highest BCUT2D eigenvalue weighted by Crippen LogP contribution is 2.34. The van der Waals surface area contributed by atoms with Crippen LogP contribution in [0.25, 0.3) is 0 Å². The van der Waals surface area contributed by atoms with E-state index < -0.39 is 11.6 Å². The van der Waals surface area contributed by atoms with Gasteiger partial charge in [-0.05, 0) is 58.5 Å². The third-order valence-electron chi connectivity index (χ3n) is 3.19. The van der Waals surface area contributed by atoms with Gasteiger partial charge in [-0.3, -0.25) is 4.79 Å². The first-order valence-electron chi connectivity index (χ1n) is 6.21. The summed E-state index contributed by atoms with van der Waals surface area (Å²) in [5, 5.41) is 0. The molecule has 0 atom stereocenters. The first kappa shape index (κ1) is 14.2. The summed E-state index contributed by atoms with van der Waals surface area (Å²) in [5.41, 5.74) is 1.16. The molecule has 0 spiro atoms. The van der Waals surface area contributed by atoms with Gasteiger partial charge >= 0.3 is 0 Å². The smallest absolute Gasteiger partial charge is 0.265 e. The van der Waals surface area contributed by atoms with Crippen LogP contribution >= 0.6 is 22.6 Å². The van der Waals surface area contributed by atoms with Gasteiger partial charge in [0.2, 0.25) is 0 Å². The average Bonchev–Trinajstić information content (AvgIpc) is 2.46. The fourth-order valence-corrected chi connectivity index (χ4v) is 2.63. The van der Waals surface area contributed by atoms with Crippen molar-refractivity contribution in [1.82, 2.24) is 0 Å². The molecule has 0 radical (unpaired) electrons. The molecule has 0 aliphatic carbocycles. The lowest BCUT2D eigenvalue weighted by Crippen LogP contribution is -2.38. The second kappa shape index (κ2) is 5.59. The van der Waals surface area contributed by atoms with Gasteiger partial charge in [0.25, 0.3) is 5.91 Å². The van der Waals surface area contributed by atoms with E-state index in [4.69, 9.17) is 4.74 Å². The van der Waals surface area contributed by atoms with Crippen LogP contribution in [0.2, 0.25) is 0 Å². The number of halogens is 3. The van der Waals surface area contributed by atoms with Gasteiger partial charge in [-0.2, -0.15) is 0 Å². The van der Waals surface area contributed by atoms with E-state index in [-0.39, 0.29) is 19.1 Å². The summed E-state index contributed by atoms with van der Waals surface area (Å²) in [6.45, 7) is 0.115. The Morgan fingerprint density at radius 1 is 1.14 bits per heavy atom. The SMILES string of the molecule is O=C1COc2cc(I)ccc2N1Cc1ccc(F)c(F)c1. The van der Waals surface area contributed by atoms with Gasteiger partial charge in [0.15, 0.2) is 18.2 Å². The van der Waals surface area contributed by atoms with Gasteiger partial charge in [-0.15, -0.1) is 0 Å². The zero-order valence-corrected chi connectivity index (χ0v) is 12.9. The number of nitrogens with zero attached hydrogens (tertiary/aromatic N) is 1. The highest BCUT2D eigenvalue weighted by atomic mass is 127. The van der Waals surface area contributed by atoms with Gasteiger partial charge in [0.05, 0.1) is 12.2 Å². The molecule has 108 valence electrons. The first-order chi connectivity index (χ1) is 10.0. The second-order valence-electron chi connectivity index (χ2n) is 4.63. The molecule has 0 unspecified atom stereocenters. The molecule has 0 saturated carbocycles. The van der Waals surface area contributed by atoms with Crippen molar-refractivity contribution in [3.8, 4) is 5.75 Å². The summed E-state index contributed by atoms with van der Waals surface area (Å²) in [6, 6.07) is 9.11. The van der Waals surface area contributed by atoms with Crippen molar-refractivity contribution in [2.24, 2.45) is 0 Å². The molecular weight excluding hydrogens is 391 g/mol. The molecule has 1 amide bonds. The summed E-state index contributed by atoms with van der Waals surface area (Å²) in [6.07, 6.45) is 0. The third-order valence-corrected chi connectivity index (χ3v) is 3.86. The maximum atomic E-state index is 13.3. The van der Waals surface area contributed by atoms with E-state index in [0.29, 0.717) is 17.0 Å². The van der Waals surface area contributed by atoms with Crippen molar-refractivity contribution in [3.63, 3.8) is 0 Å². The lowest BCUT2D eigenvalue weighted by molar-refractivity contribution is -0.121. The van der Waals surface area contributed by atoms with Crippen LogP contribution in [0.3, 0.4) is 0 Å². The predicted molar refractivity (Wildman–Crippen MR) is 82.2 cm³/mol. The fraction of sp³-hybridized carbons (Fsp3) is 0.133. The van der Waals surface area contributed by atoms with E-state index in [1.807, 2.05) is 12.1 Å². The minimum Gasteiger partial charge on any atom is -0.482 e. The van der Waals surface area contributed by atoms with Gasteiger partial charge in [0, 0.05) is 3.57 Å². The summed E-state index contributed by atoms with van der Waals surface area (Å²) in [5.74, 6) is -1.42. The number of benzene rings is 2. The Labute approximate surface area is 133 Å².